The van der Waals surface area contributed by atoms with Gasteiger partial charge in [-0.15, -0.1) is 0 Å². The van der Waals surface area contributed by atoms with Crippen molar-refractivity contribution in [1.29, 1.82) is 0 Å². The van der Waals surface area contributed by atoms with Crippen molar-refractivity contribution >= 4 is 65.4 Å². The van der Waals surface area contributed by atoms with Crippen molar-refractivity contribution < 1.29 is 48.0 Å². The predicted molar refractivity (Wildman–Crippen MR) is 240 cm³/mol. The smallest absolute Gasteiger partial charge is 0.0667 e. The number of hydrogen-bond acceptors (Lipinski definition) is 0. The maximum absolute atomic E-state index is 10.4. The molecule has 0 spiro atoms. The van der Waals surface area contributed by atoms with E-state index >= 15 is 0 Å². The normalized spacial score (nSPS) is 20.5. The average Bonchev–Trinajstić information content (AvgIpc) is 1.51. The molecule has 12 rings (SSSR count). The fourth-order valence-corrected chi connectivity index (χ4v) is 6.94. The van der Waals surface area contributed by atoms with E-state index in [4.69, 9.17) is 23.3 Å². The van der Waals surface area contributed by atoms with Crippen molar-refractivity contribution in [2.45, 2.75) is 0 Å². The van der Waals surface area contributed by atoms with Crippen molar-refractivity contribution in [3.05, 3.63) is 211 Å². The minimum absolute atomic E-state index is 0.547. The molecule has 3 heterocycles. The summed E-state index contributed by atoms with van der Waals surface area (Å²) in [6.45, 7) is 0. The molecule has 9 aromatic carbocycles. The molecule has 3 aromatic heterocycles. The summed E-state index contributed by atoms with van der Waals surface area (Å²) >= 11 is 0. The van der Waals surface area contributed by atoms with Gasteiger partial charge in [0.1, 0.15) is 0 Å². The Morgan fingerprint density at radius 2 is 0.702 bits per heavy atom. The van der Waals surface area contributed by atoms with Crippen LogP contribution >= 0.6 is 0 Å². The molecule has 0 saturated heterocycles. The van der Waals surface area contributed by atoms with Gasteiger partial charge in [0.05, 0.1) is 86.8 Å². The molecule has 266 valence electrons. The van der Waals surface area contributed by atoms with Crippen molar-refractivity contribution in [3.63, 3.8) is 0 Å². The van der Waals surface area contributed by atoms with Crippen LogP contribution in [0, 0.1) is 0 Å². The molecule has 3 heteroatoms. The third kappa shape index (κ3) is 4.79. The topological polar surface area (TPSA) is 14.8 Å². The predicted octanol–water partition coefficient (Wildman–Crippen LogP) is 14.3. The molecule has 12 aromatic rings. The van der Waals surface area contributed by atoms with Crippen LogP contribution in [0.4, 0.5) is 0 Å². The van der Waals surface area contributed by atoms with Gasteiger partial charge in [0.2, 0.25) is 0 Å². The van der Waals surface area contributed by atoms with Crippen LogP contribution in [0.25, 0.3) is 105 Å². The molecule has 0 unspecified atom stereocenters. The highest BCUT2D eigenvalue weighted by Gasteiger charge is 2.21. The minimum Gasteiger partial charge on any atom is -0.309 e. The largest absolute Gasteiger partial charge is 0.309 e. The Balaban J connectivity index is 1.31. The van der Waals surface area contributed by atoms with Gasteiger partial charge in [0.25, 0.3) is 0 Å². The lowest BCUT2D eigenvalue weighted by atomic mass is 10.00. The molecule has 0 aliphatic carbocycles. The highest BCUT2D eigenvalue weighted by Crippen LogP contribution is 2.41. The molecule has 0 atom stereocenters. The van der Waals surface area contributed by atoms with Gasteiger partial charge < -0.3 is 13.7 Å². The summed E-state index contributed by atoms with van der Waals surface area (Å²) in [5, 5.41) is -3.96. The van der Waals surface area contributed by atoms with Crippen molar-refractivity contribution in [2.24, 2.45) is 0 Å². The van der Waals surface area contributed by atoms with Crippen LogP contribution in [0.1, 0.15) is 48.0 Å². The average molecular weight is 761 g/mol. The molecule has 3 nitrogen and oxygen atoms in total. The fraction of sp³-hybridized carbons (Fsp3) is 0. The lowest BCUT2D eigenvalue weighted by Crippen LogP contribution is -1.98. The first-order valence-electron chi connectivity index (χ1n) is 34.3. The van der Waals surface area contributed by atoms with Crippen LogP contribution in [0.2, 0.25) is 0 Å². The summed E-state index contributed by atoms with van der Waals surface area (Å²) in [7, 11) is 0. The van der Waals surface area contributed by atoms with E-state index in [1.54, 1.807) is 0 Å². The summed E-state index contributed by atoms with van der Waals surface area (Å²) in [6, 6.07) is -35.7. The van der Waals surface area contributed by atoms with Crippen LogP contribution in [0.3, 0.4) is 0 Å². The molecule has 0 amide bonds. The lowest BCUT2D eigenvalue weighted by Gasteiger charge is -2.13. The SMILES string of the molecule is [2H]c1c([2H])c([2H])c(-c2c([2H])c([2H])c(-c3c([2H])c([2H])c([2H])c(-n4c5c([2H])c([2H])c([2H])c([2H])c5c5c([2H])c([2H])c(-n6c7c([2H])c([2H])c([2H])c([2H])c7c7c(-n8c9c([2H])c([2H])c([2H])c([2H])c9c9c([2H])c([2H])c([2H])c([2H])c98)c([2H])c([2H])c([2H])c76)c([2H])c54)c3[2H])c([2H])c2[2H])c([2H])c1[2H]. The van der Waals surface area contributed by atoms with E-state index in [9.17, 15) is 24.7 Å². The second-order valence-corrected chi connectivity index (χ2v) is 12.3. The molecule has 0 aliphatic heterocycles. The highest BCUT2D eigenvalue weighted by atomic mass is 15.0. The summed E-state index contributed by atoms with van der Waals surface area (Å²) in [4.78, 5) is 0. The van der Waals surface area contributed by atoms with E-state index < -0.39 is 316 Å². The van der Waals surface area contributed by atoms with Gasteiger partial charge in [-0.05, 0) is 82.7 Å². The van der Waals surface area contributed by atoms with E-state index in [2.05, 4.69) is 0 Å². The number of nitrogens with zero attached hydrogens (tertiary/aromatic N) is 3. The molecule has 0 radical (unpaired) electrons. The Labute approximate surface area is 378 Å². The van der Waals surface area contributed by atoms with Crippen molar-refractivity contribution in [3.8, 4) is 39.3 Å². The number of benzene rings is 9. The van der Waals surface area contributed by atoms with Crippen LogP contribution in [-0.4, -0.2) is 13.7 Å². The molecule has 57 heavy (non-hydrogen) atoms. The van der Waals surface area contributed by atoms with Crippen molar-refractivity contribution in [1.82, 2.24) is 13.7 Å². The first kappa shape index (κ1) is 12.7. The molecule has 0 fully saturated rings. The Kier molecular flexibility index (Phi) is 2.78. The quantitative estimate of drug-likeness (QED) is 0.166. The third-order valence-electron chi connectivity index (χ3n) is 9.29. The van der Waals surface area contributed by atoms with Gasteiger partial charge in [-0.2, -0.15) is 0 Å². The van der Waals surface area contributed by atoms with Gasteiger partial charge in [0.15, 0.2) is 0 Å². The van der Waals surface area contributed by atoms with Gasteiger partial charge in [-0.3, -0.25) is 0 Å². The van der Waals surface area contributed by atoms with E-state index in [1.807, 2.05) is 0 Å². The van der Waals surface area contributed by atoms with Crippen LogP contribution in [0.15, 0.2) is 211 Å². The summed E-state index contributed by atoms with van der Waals surface area (Å²) in [6.07, 6.45) is 0. The molecular weight excluding hydrogens is 691 g/mol. The maximum Gasteiger partial charge on any atom is 0.0667 e. The van der Waals surface area contributed by atoms with E-state index in [0.29, 0.717) is 9.13 Å². The molecule has 0 N–H and O–H groups in total. The monoisotopic (exact) mass is 761 g/mol. The zero-order chi connectivity index (χ0) is 67.9. The van der Waals surface area contributed by atoms with E-state index in [0.717, 1.165) is 4.57 Å². The number of hydrogen-bond donors (Lipinski definition) is 0. The number of aromatic nitrogens is 3. The first-order valence-corrected chi connectivity index (χ1v) is 16.8. The lowest BCUT2D eigenvalue weighted by molar-refractivity contribution is 1.15. The van der Waals surface area contributed by atoms with Crippen LogP contribution in [-0.2, 0) is 0 Å². The zero-order valence-corrected chi connectivity index (χ0v) is 28.3. The van der Waals surface area contributed by atoms with Gasteiger partial charge in [-0.1, -0.05) is 151 Å². The number of para-hydroxylation sites is 4. The standard InChI is InChI=1S/C54H35N3/c1-2-14-36(15-3-1)37-28-30-38(31-29-37)39-16-12-17-40(34-39)56-47-22-8-4-20-44(47)45-33-32-41(35-53(45)56)55-50-25-11-7-21-46(50)54-51(55)26-13-27-52(54)57-48-23-9-5-18-42(48)43-19-6-10-24-49(43)57/h1-35H/i1D,2D,3D,4D,5D,6D,7D,8D,9D,10D,11D,12D,13D,14D,15D,16D,17D,18D,19D,20D,21D,22D,23D,24D,25D,26D,27D,28D,29D,30D,31D,32D,33D,34D,35D. The van der Waals surface area contributed by atoms with Gasteiger partial charge in [-0.25, -0.2) is 0 Å². The Hall–Kier alpha value is -7.62. The Morgan fingerprint density at radius 1 is 0.263 bits per heavy atom. The van der Waals surface area contributed by atoms with E-state index in [1.165, 1.54) is 0 Å². The molecule has 0 aliphatic rings. The summed E-state index contributed by atoms with van der Waals surface area (Å²) < 4.78 is 322. The van der Waals surface area contributed by atoms with Crippen LogP contribution in [0.5, 0.6) is 0 Å². The molecular formula is C54H35N3. The fourth-order valence-electron chi connectivity index (χ4n) is 6.94. The van der Waals surface area contributed by atoms with Crippen LogP contribution < -0.4 is 0 Å². The highest BCUT2D eigenvalue weighted by molar-refractivity contribution is 6.17. The zero-order valence-electron chi connectivity index (χ0n) is 63.3. The molecule has 0 saturated carbocycles. The van der Waals surface area contributed by atoms with Crippen molar-refractivity contribution in [2.75, 3.05) is 0 Å². The van der Waals surface area contributed by atoms with Gasteiger partial charge in [0, 0.05) is 43.7 Å². The van der Waals surface area contributed by atoms with E-state index in [-0.39, 0.29) is 0 Å². The summed E-state index contributed by atoms with van der Waals surface area (Å²) in [5.74, 6) is 0. The minimum atomic E-state index is -1.20. The third-order valence-corrected chi connectivity index (χ3v) is 9.29. The number of rotatable bonds is 5. The molecule has 0 bridgehead atoms. The number of fused-ring (bicyclic) bond motifs is 9. The Morgan fingerprint density at radius 3 is 1.37 bits per heavy atom. The Bertz CT molecular complexity index is 5450. The first-order chi connectivity index (χ1) is 42.9. The van der Waals surface area contributed by atoms with Gasteiger partial charge >= 0.3 is 0 Å². The second-order valence-electron chi connectivity index (χ2n) is 12.3. The second kappa shape index (κ2) is 12.5. The summed E-state index contributed by atoms with van der Waals surface area (Å²) in [5.41, 5.74) is -11.1. The maximum atomic E-state index is 10.4.